The monoisotopic (exact) mass is 298 g/mol. The third-order valence-corrected chi connectivity index (χ3v) is 4.02. The van der Waals surface area contributed by atoms with E-state index in [-0.39, 0.29) is 6.04 Å². The first-order valence-electron chi connectivity index (χ1n) is 7.24. The standard InChI is InChI=1S/C17H18N2O3/c18-17(20)19(21)14-10-13(11-14)12-6-8-16(9-7-12)22-15-4-2-1-3-5-15/h1-9,13-14,21H,10-11H2,(H2,18,20). The summed E-state index contributed by atoms with van der Waals surface area (Å²) in [5.74, 6) is 1.92. The molecule has 114 valence electrons. The molecule has 2 aromatic carbocycles. The summed E-state index contributed by atoms with van der Waals surface area (Å²) >= 11 is 0. The lowest BCUT2D eigenvalue weighted by Gasteiger charge is -2.39. The van der Waals surface area contributed by atoms with Gasteiger partial charge in [-0.3, -0.25) is 5.21 Å². The molecule has 0 radical (unpaired) electrons. The molecule has 1 aliphatic rings. The van der Waals surface area contributed by atoms with Gasteiger partial charge in [-0.2, -0.15) is 0 Å². The summed E-state index contributed by atoms with van der Waals surface area (Å²) in [5, 5.41) is 10.1. The maximum atomic E-state index is 10.9. The summed E-state index contributed by atoms with van der Waals surface area (Å²) in [6.45, 7) is 0. The topological polar surface area (TPSA) is 75.8 Å². The Morgan fingerprint density at radius 2 is 1.64 bits per heavy atom. The molecule has 0 aromatic heterocycles. The summed E-state index contributed by atoms with van der Waals surface area (Å²) in [7, 11) is 0. The van der Waals surface area contributed by atoms with Crippen LogP contribution < -0.4 is 10.5 Å². The fourth-order valence-electron chi connectivity index (χ4n) is 2.67. The maximum Gasteiger partial charge on any atom is 0.338 e. The zero-order valence-corrected chi connectivity index (χ0v) is 12.1. The Balaban J connectivity index is 1.58. The molecule has 0 spiro atoms. The fourth-order valence-corrected chi connectivity index (χ4v) is 2.67. The van der Waals surface area contributed by atoms with Crippen molar-refractivity contribution in [2.24, 2.45) is 5.73 Å². The molecule has 0 heterocycles. The second-order valence-electron chi connectivity index (χ2n) is 5.49. The van der Waals surface area contributed by atoms with Crippen molar-refractivity contribution in [2.45, 2.75) is 24.8 Å². The van der Waals surface area contributed by atoms with E-state index in [2.05, 4.69) is 0 Å². The number of benzene rings is 2. The number of amides is 2. The van der Waals surface area contributed by atoms with E-state index >= 15 is 0 Å². The number of carbonyl (C=O) groups is 1. The van der Waals surface area contributed by atoms with Gasteiger partial charge in [-0.05, 0) is 48.6 Å². The maximum absolute atomic E-state index is 10.9. The van der Waals surface area contributed by atoms with Crippen molar-refractivity contribution in [1.29, 1.82) is 0 Å². The van der Waals surface area contributed by atoms with Gasteiger partial charge < -0.3 is 10.5 Å². The van der Waals surface area contributed by atoms with Gasteiger partial charge in [-0.25, -0.2) is 9.86 Å². The highest BCUT2D eigenvalue weighted by atomic mass is 16.5. The van der Waals surface area contributed by atoms with E-state index in [0.717, 1.165) is 24.3 Å². The van der Waals surface area contributed by atoms with E-state index in [0.29, 0.717) is 11.0 Å². The molecule has 2 amide bonds. The van der Waals surface area contributed by atoms with Crippen LogP contribution in [0, 0.1) is 0 Å². The Hall–Kier alpha value is -2.53. The summed E-state index contributed by atoms with van der Waals surface area (Å²) in [6, 6.07) is 16.5. The van der Waals surface area contributed by atoms with Crippen LogP contribution in [0.25, 0.3) is 0 Å². The lowest BCUT2D eigenvalue weighted by molar-refractivity contribution is -0.102. The lowest BCUT2D eigenvalue weighted by atomic mass is 9.76. The molecule has 5 heteroatoms. The highest BCUT2D eigenvalue weighted by molar-refractivity contribution is 5.71. The molecule has 3 N–H and O–H groups in total. The average Bonchev–Trinajstić information content (AvgIpc) is 2.48. The Morgan fingerprint density at radius 1 is 1.05 bits per heavy atom. The third-order valence-electron chi connectivity index (χ3n) is 4.02. The molecule has 22 heavy (non-hydrogen) atoms. The number of carbonyl (C=O) groups excluding carboxylic acids is 1. The van der Waals surface area contributed by atoms with Crippen LogP contribution in [0.4, 0.5) is 4.79 Å². The number of rotatable bonds is 4. The van der Waals surface area contributed by atoms with E-state index in [4.69, 9.17) is 10.5 Å². The molecule has 1 aliphatic carbocycles. The number of urea groups is 1. The second-order valence-corrected chi connectivity index (χ2v) is 5.49. The van der Waals surface area contributed by atoms with Crippen LogP contribution >= 0.6 is 0 Å². The van der Waals surface area contributed by atoms with E-state index in [1.807, 2.05) is 54.6 Å². The number of para-hydroxylation sites is 1. The molecule has 5 nitrogen and oxygen atoms in total. The predicted molar refractivity (Wildman–Crippen MR) is 81.9 cm³/mol. The second kappa shape index (κ2) is 6.07. The molecule has 0 saturated heterocycles. The molecule has 1 saturated carbocycles. The SMILES string of the molecule is NC(=O)N(O)C1CC(c2ccc(Oc3ccccc3)cc2)C1. The minimum absolute atomic E-state index is 0.178. The first kappa shape index (κ1) is 14.4. The van der Waals surface area contributed by atoms with Crippen molar-refractivity contribution >= 4 is 6.03 Å². The molecule has 0 atom stereocenters. The van der Waals surface area contributed by atoms with Gasteiger partial charge in [0.25, 0.3) is 0 Å². The summed E-state index contributed by atoms with van der Waals surface area (Å²) in [4.78, 5) is 10.9. The zero-order chi connectivity index (χ0) is 15.5. The predicted octanol–water partition coefficient (Wildman–Crippen LogP) is 3.49. The van der Waals surface area contributed by atoms with Crippen LogP contribution in [0.1, 0.15) is 24.3 Å². The smallest absolute Gasteiger partial charge is 0.338 e. The number of hydrogen-bond acceptors (Lipinski definition) is 3. The van der Waals surface area contributed by atoms with Crippen LogP contribution in [0.2, 0.25) is 0 Å². The number of hydroxylamine groups is 2. The summed E-state index contributed by atoms with van der Waals surface area (Å²) in [5.41, 5.74) is 6.22. The molecule has 3 rings (SSSR count). The normalized spacial score (nSPS) is 20.0. The van der Waals surface area contributed by atoms with Crippen LogP contribution in [-0.2, 0) is 0 Å². The van der Waals surface area contributed by atoms with Gasteiger partial charge in [0.2, 0.25) is 0 Å². The minimum atomic E-state index is -0.796. The van der Waals surface area contributed by atoms with Crippen molar-refractivity contribution < 1.29 is 14.7 Å². The Labute approximate surface area is 128 Å². The van der Waals surface area contributed by atoms with Gasteiger partial charge in [0.1, 0.15) is 11.5 Å². The van der Waals surface area contributed by atoms with E-state index in [1.165, 1.54) is 5.56 Å². The molecule has 0 unspecified atom stereocenters. The minimum Gasteiger partial charge on any atom is -0.457 e. The number of hydrogen-bond donors (Lipinski definition) is 2. The quantitative estimate of drug-likeness (QED) is 0.670. The number of primary amides is 1. The molecule has 2 aromatic rings. The first-order valence-corrected chi connectivity index (χ1v) is 7.24. The van der Waals surface area contributed by atoms with Gasteiger partial charge in [0.05, 0.1) is 6.04 Å². The summed E-state index contributed by atoms with van der Waals surface area (Å²) < 4.78 is 5.75. The molecule has 0 bridgehead atoms. The Bertz CT molecular complexity index is 637. The van der Waals surface area contributed by atoms with Crippen LogP contribution in [0.5, 0.6) is 11.5 Å². The lowest BCUT2D eigenvalue weighted by Crippen LogP contribution is -2.47. The van der Waals surface area contributed by atoms with Crippen molar-refractivity contribution in [1.82, 2.24) is 5.06 Å². The van der Waals surface area contributed by atoms with Crippen molar-refractivity contribution in [3.8, 4) is 11.5 Å². The first-order chi connectivity index (χ1) is 10.6. The average molecular weight is 298 g/mol. The number of nitrogens with zero attached hydrogens (tertiary/aromatic N) is 1. The van der Waals surface area contributed by atoms with E-state index in [1.54, 1.807) is 0 Å². The van der Waals surface area contributed by atoms with Gasteiger partial charge in [0, 0.05) is 0 Å². The van der Waals surface area contributed by atoms with E-state index in [9.17, 15) is 10.0 Å². The van der Waals surface area contributed by atoms with Gasteiger partial charge in [-0.15, -0.1) is 0 Å². The molecule has 0 aliphatic heterocycles. The van der Waals surface area contributed by atoms with Crippen LogP contribution in [0.15, 0.2) is 54.6 Å². The van der Waals surface area contributed by atoms with Crippen molar-refractivity contribution in [3.63, 3.8) is 0 Å². The molecular weight excluding hydrogens is 280 g/mol. The van der Waals surface area contributed by atoms with Crippen molar-refractivity contribution in [3.05, 3.63) is 60.2 Å². The molecular formula is C17H18N2O3. The van der Waals surface area contributed by atoms with Gasteiger partial charge in [0.15, 0.2) is 0 Å². The number of nitrogens with two attached hydrogens (primary N) is 1. The fraction of sp³-hybridized carbons (Fsp3) is 0.235. The molecule has 1 fully saturated rings. The summed E-state index contributed by atoms with van der Waals surface area (Å²) in [6.07, 6.45) is 1.44. The number of ether oxygens (including phenoxy) is 1. The zero-order valence-electron chi connectivity index (χ0n) is 12.1. The van der Waals surface area contributed by atoms with Crippen LogP contribution in [0.3, 0.4) is 0 Å². The van der Waals surface area contributed by atoms with E-state index < -0.39 is 6.03 Å². The largest absolute Gasteiger partial charge is 0.457 e. The highest BCUT2D eigenvalue weighted by Crippen LogP contribution is 2.39. The Morgan fingerprint density at radius 3 is 2.23 bits per heavy atom. The van der Waals surface area contributed by atoms with Gasteiger partial charge in [-0.1, -0.05) is 30.3 Å². The van der Waals surface area contributed by atoms with Crippen molar-refractivity contribution in [2.75, 3.05) is 0 Å². The Kier molecular flexibility index (Phi) is 3.98. The van der Waals surface area contributed by atoms with Crippen LogP contribution in [-0.4, -0.2) is 22.3 Å². The van der Waals surface area contributed by atoms with Gasteiger partial charge >= 0.3 is 6.03 Å². The highest BCUT2D eigenvalue weighted by Gasteiger charge is 2.35. The third kappa shape index (κ3) is 3.04.